The summed E-state index contributed by atoms with van der Waals surface area (Å²) in [6.07, 6.45) is 2.17. The van der Waals surface area contributed by atoms with E-state index in [1.165, 1.54) is 0 Å². The van der Waals surface area contributed by atoms with Crippen LogP contribution in [0.5, 0.6) is 11.5 Å². The standard InChI is InChI=1S/C15H21NO4/c1-11(12-8-5-9-19-12)16-15(17)10-20-14-7-4-3-6-13(14)18-2/h3-4,6-7,11-12H,5,8-10H2,1-2H3,(H,16,17)/t11-,12-/m1/s1. The van der Waals surface area contributed by atoms with E-state index in [1.807, 2.05) is 19.1 Å². The lowest BCUT2D eigenvalue weighted by molar-refractivity contribution is -0.124. The van der Waals surface area contributed by atoms with E-state index in [4.69, 9.17) is 14.2 Å². The van der Waals surface area contributed by atoms with Crippen molar-refractivity contribution in [3.63, 3.8) is 0 Å². The topological polar surface area (TPSA) is 56.8 Å². The Hall–Kier alpha value is -1.75. The maximum Gasteiger partial charge on any atom is 0.258 e. The molecule has 1 N–H and O–H groups in total. The van der Waals surface area contributed by atoms with Crippen molar-refractivity contribution in [2.24, 2.45) is 0 Å². The zero-order chi connectivity index (χ0) is 14.4. The second-order valence-corrected chi connectivity index (χ2v) is 4.85. The van der Waals surface area contributed by atoms with Crippen molar-refractivity contribution in [2.75, 3.05) is 20.3 Å². The number of hydrogen-bond acceptors (Lipinski definition) is 4. The van der Waals surface area contributed by atoms with Gasteiger partial charge in [0.2, 0.25) is 0 Å². The second-order valence-electron chi connectivity index (χ2n) is 4.85. The van der Waals surface area contributed by atoms with E-state index in [-0.39, 0.29) is 24.7 Å². The Morgan fingerprint density at radius 1 is 1.45 bits per heavy atom. The summed E-state index contributed by atoms with van der Waals surface area (Å²) in [6.45, 7) is 2.71. The summed E-state index contributed by atoms with van der Waals surface area (Å²) in [5, 5.41) is 2.90. The van der Waals surface area contributed by atoms with E-state index in [2.05, 4.69) is 5.32 Å². The Balaban J connectivity index is 1.79. The minimum absolute atomic E-state index is 0.00580. The summed E-state index contributed by atoms with van der Waals surface area (Å²) in [5.74, 6) is 1.03. The maximum atomic E-state index is 11.9. The van der Waals surface area contributed by atoms with E-state index in [0.29, 0.717) is 11.5 Å². The minimum Gasteiger partial charge on any atom is -0.493 e. The number of carbonyl (C=O) groups excluding carboxylic acids is 1. The molecule has 1 aliphatic heterocycles. The van der Waals surface area contributed by atoms with Crippen molar-refractivity contribution in [1.29, 1.82) is 0 Å². The summed E-state index contributed by atoms with van der Waals surface area (Å²) < 4.78 is 16.2. The smallest absolute Gasteiger partial charge is 0.258 e. The van der Waals surface area contributed by atoms with Crippen LogP contribution in [-0.4, -0.2) is 38.4 Å². The first-order valence-corrected chi connectivity index (χ1v) is 6.87. The van der Waals surface area contributed by atoms with Crippen molar-refractivity contribution in [3.05, 3.63) is 24.3 Å². The Morgan fingerprint density at radius 3 is 2.85 bits per heavy atom. The molecule has 0 saturated carbocycles. The normalized spacial score (nSPS) is 19.4. The van der Waals surface area contributed by atoms with Gasteiger partial charge in [-0.1, -0.05) is 12.1 Å². The number of hydrogen-bond donors (Lipinski definition) is 1. The predicted molar refractivity (Wildman–Crippen MR) is 75.1 cm³/mol. The molecule has 5 heteroatoms. The summed E-state index contributed by atoms with van der Waals surface area (Å²) in [7, 11) is 1.57. The van der Waals surface area contributed by atoms with Gasteiger partial charge in [-0.2, -0.15) is 0 Å². The van der Waals surface area contributed by atoms with Gasteiger partial charge in [0.15, 0.2) is 18.1 Å². The van der Waals surface area contributed by atoms with Gasteiger partial charge in [0.25, 0.3) is 5.91 Å². The highest BCUT2D eigenvalue weighted by Gasteiger charge is 2.23. The van der Waals surface area contributed by atoms with Crippen LogP contribution in [0.25, 0.3) is 0 Å². The maximum absolute atomic E-state index is 11.9. The van der Waals surface area contributed by atoms with Crippen LogP contribution in [-0.2, 0) is 9.53 Å². The molecule has 20 heavy (non-hydrogen) atoms. The van der Waals surface area contributed by atoms with E-state index in [1.54, 1.807) is 19.2 Å². The van der Waals surface area contributed by atoms with Crippen molar-refractivity contribution in [2.45, 2.75) is 31.9 Å². The van der Waals surface area contributed by atoms with Gasteiger partial charge in [0, 0.05) is 6.61 Å². The monoisotopic (exact) mass is 279 g/mol. The van der Waals surface area contributed by atoms with Gasteiger partial charge in [-0.3, -0.25) is 4.79 Å². The summed E-state index contributed by atoms with van der Waals surface area (Å²) in [5.41, 5.74) is 0. The van der Waals surface area contributed by atoms with Crippen LogP contribution in [0.15, 0.2) is 24.3 Å². The van der Waals surface area contributed by atoms with E-state index < -0.39 is 0 Å². The fraction of sp³-hybridized carbons (Fsp3) is 0.533. The molecule has 1 aliphatic rings. The van der Waals surface area contributed by atoms with Gasteiger partial charge < -0.3 is 19.5 Å². The highest BCUT2D eigenvalue weighted by Crippen LogP contribution is 2.25. The molecule has 0 aromatic heterocycles. The number of nitrogens with one attached hydrogen (secondary N) is 1. The molecule has 5 nitrogen and oxygen atoms in total. The first-order chi connectivity index (χ1) is 9.70. The van der Waals surface area contributed by atoms with Crippen LogP contribution >= 0.6 is 0 Å². The molecule has 2 atom stereocenters. The van der Waals surface area contributed by atoms with Crippen LogP contribution in [0.4, 0.5) is 0 Å². The molecular weight excluding hydrogens is 258 g/mol. The van der Waals surface area contributed by atoms with Crippen LogP contribution in [0.3, 0.4) is 0 Å². The third kappa shape index (κ3) is 3.87. The van der Waals surface area contributed by atoms with Crippen molar-refractivity contribution in [1.82, 2.24) is 5.32 Å². The van der Waals surface area contributed by atoms with Gasteiger partial charge in [-0.25, -0.2) is 0 Å². The lowest BCUT2D eigenvalue weighted by atomic mass is 10.1. The number of carbonyl (C=O) groups is 1. The van der Waals surface area contributed by atoms with Gasteiger partial charge in [0.05, 0.1) is 19.3 Å². The lowest BCUT2D eigenvalue weighted by Gasteiger charge is -2.20. The van der Waals surface area contributed by atoms with Crippen molar-refractivity contribution < 1.29 is 19.0 Å². The van der Waals surface area contributed by atoms with Gasteiger partial charge in [-0.15, -0.1) is 0 Å². The molecule has 0 bridgehead atoms. The molecule has 1 aromatic rings. The molecule has 1 aromatic carbocycles. The van der Waals surface area contributed by atoms with Gasteiger partial charge in [-0.05, 0) is 31.9 Å². The number of methoxy groups -OCH3 is 1. The largest absolute Gasteiger partial charge is 0.493 e. The van der Waals surface area contributed by atoms with E-state index in [0.717, 1.165) is 19.4 Å². The quantitative estimate of drug-likeness (QED) is 0.862. The first kappa shape index (κ1) is 14.7. The Bertz CT molecular complexity index is 443. The Labute approximate surface area is 119 Å². The number of benzene rings is 1. The van der Waals surface area contributed by atoms with Crippen LogP contribution < -0.4 is 14.8 Å². The molecular formula is C15H21NO4. The van der Waals surface area contributed by atoms with Crippen molar-refractivity contribution >= 4 is 5.91 Å². The number of amides is 1. The average molecular weight is 279 g/mol. The molecule has 1 heterocycles. The Morgan fingerprint density at radius 2 is 2.20 bits per heavy atom. The zero-order valence-corrected chi connectivity index (χ0v) is 11.9. The fourth-order valence-electron chi connectivity index (χ4n) is 2.27. The van der Waals surface area contributed by atoms with Crippen LogP contribution in [0.2, 0.25) is 0 Å². The number of rotatable bonds is 6. The average Bonchev–Trinajstić information content (AvgIpc) is 2.99. The second kappa shape index (κ2) is 7.14. The van der Waals surface area contributed by atoms with Crippen molar-refractivity contribution in [3.8, 4) is 11.5 Å². The lowest BCUT2D eigenvalue weighted by Crippen LogP contribution is -2.42. The highest BCUT2D eigenvalue weighted by molar-refractivity contribution is 5.78. The van der Waals surface area contributed by atoms with E-state index in [9.17, 15) is 4.79 Å². The molecule has 110 valence electrons. The van der Waals surface area contributed by atoms with E-state index >= 15 is 0 Å². The molecule has 0 unspecified atom stereocenters. The predicted octanol–water partition coefficient (Wildman–Crippen LogP) is 1.76. The van der Waals surface area contributed by atoms with Gasteiger partial charge in [0.1, 0.15) is 0 Å². The molecule has 1 saturated heterocycles. The molecule has 0 aliphatic carbocycles. The Kier molecular flexibility index (Phi) is 5.24. The third-order valence-corrected chi connectivity index (χ3v) is 3.34. The van der Waals surface area contributed by atoms with Gasteiger partial charge >= 0.3 is 0 Å². The van der Waals surface area contributed by atoms with Crippen LogP contribution in [0.1, 0.15) is 19.8 Å². The third-order valence-electron chi connectivity index (χ3n) is 3.34. The fourth-order valence-corrected chi connectivity index (χ4v) is 2.27. The zero-order valence-electron chi connectivity index (χ0n) is 11.9. The summed E-state index contributed by atoms with van der Waals surface area (Å²) in [6, 6.07) is 7.26. The summed E-state index contributed by atoms with van der Waals surface area (Å²) in [4.78, 5) is 11.9. The molecule has 1 amide bonds. The number of para-hydroxylation sites is 2. The number of ether oxygens (including phenoxy) is 3. The molecule has 0 spiro atoms. The minimum atomic E-state index is -0.154. The van der Waals surface area contributed by atoms with Crippen LogP contribution in [0, 0.1) is 0 Å². The molecule has 2 rings (SSSR count). The molecule has 0 radical (unpaired) electrons. The highest BCUT2D eigenvalue weighted by atomic mass is 16.5. The molecule has 1 fully saturated rings. The SMILES string of the molecule is COc1ccccc1OCC(=O)N[C@H](C)[C@H]1CCCO1. The first-order valence-electron chi connectivity index (χ1n) is 6.87. The summed E-state index contributed by atoms with van der Waals surface area (Å²) >= 11 is 0.